The molecule has 1 unspecified atom stereocenters. The third kappa shape index (κ3) is 4.63. The predicted molar refractivity (Wildman–Crippen MR) is 65.8 cm³/mol. The smallest absolute Gasteiger partial charge is 0.315 e. The van der Waals surface area contributed by atoms with Crippen LogP contribution in [0, 0.1) is 6.92 Å². The number of rotatable bonds is 5. The molecule has 0 radical (unpaired) electrons. The van der Waals surface area contributed by atoms with Gasteiger partial charge in [0.1, 0.15) is 0 Å². The van der Waals surface area contributed by atoms with Crippen LogP contribution in [0.25, 0.3) is 0 Å². The lowest BCUT2D eigenvalue weighted by Crippen LogP contribution is -2.42. The summed E-state index contributed by atoms with van der Waals surface area (Å²) in [5, 5.41) is 13.9. The molecule has 0 fully saturated rings. The summed E-state index contributed by atoms with van der Waals surface area (Å²) in [6.07, 6.45) is 0.838. The van der Waals surface area contributed by atoms with Crippen molar-refractivity contribution in [2.75, 3.05) is 13.2 Å². The number of hydrogen-bond acceptors (Lipinski definition) is 3. The Morgan fingerprint density at radius 1 is 1.56 bits per heavy atom. The van der Waals surface area contributed by atoms with Crippen LogP contribution in [0.2, 0.25) is 0 Å². The summed E-state index contributed by atoms with van der Waals surface area (Å²) in [6.45, 7) is 4.29. The molecule has 1 aromatic rings. The standard InChI is InChI=1S/C11H18N2O2S/c1-8(13-11(15)12-5-6-14)7-10-4-3-9(2)16-10/h3-4,8,14H,5-7H2,1-2H3,(H2,12,13,15). The molecule has 4 nitrogen and oxygen atoms in total. The van der Waals surface area contributed by atoms with Crippen LogP contribution in [0.1, 0.15) is 16.7 Å². The number of hydrogen-bond donors (Lipinski definition) is 3. The summed E-state index contributed by atoms with van der Waals surface area (Å²) in [5.41, 5.74) is 0. The molecule has 0 aromatic carbocycles. The molecule has 5 heteroatoms. The third-order valence-corrected chi connectivity index (χ3v) is 3.10. The molecular formula is C11H18N2O2S. The predicted octanol–water partition coefficient (Wildman–Crippen LogP) is 1.28. The maximum atomic E-state index is 11.3. The van der Waals surface area contributed by atoms with E-state index in [4.69, 9.17) is 5.11 Å². The lowest BCUT2D eigenvalue weighted by Gasteiger charge is -2.13. The summed E-state index contributed by atoms with van der Waals surface area (Å²) in [5.74, 6) is 0. The Morgan fingerprint density at radius 3 is 2.88 bits per heavy atom. The molecular weight excluding hydrogens is 224 g/mol. The van der Waals surface area contributed by atoms with Crippen LogP contribution in [0.5, 0.6) is 0 Å². The van der Waals surface area contributed by atoms with Crippen molar-refractivity contribution in [3.05, 3.63) is 21.9 Å². The molecule has 1 heterocycles. The van der Waals surface area contributed by atoms with Crippen LogP contribution >= 0.6 is 11.3 Å². The SMILES string of the molecule is Cc1ccc(CC(C)NC(=O)NCCO)s1. The maximum Gasteiger partial charge on any atom is 0.315 e. The normalized spacial score (nSPS) is 12.2. The van der Waals surface area contributed by atoms with Gasteiger partial charge in [-0.3, -0.25) is 0 Å². The van der Waals surface area contributed by atoms with Crippen molar-refractivity contribution in [3.63, 3.8) is 0 Å². The van der Waals surface area contributed by atoms with E-state index in [1.807, 2.05) is 6.92 Å². The number of aliphatic hydroxyl groups excluding tert-OH is 1. The molecule has 16 heavy (non-hydrogen) atoms. The Hall–Kier alpha value is -1.07. The van der Waals surface area contributed by atoms with E-state index >= 15 is 0 Å². The first kappa shape index (κ1) is 13.0. The Labute approximate surface area is 99.7 Å². The lowest BCUT2D eigenvalue weighted by atomic mass is 10.2. The zero-order valence-corrected chi connectivity index (χ0v) is 10.4. The maximum absolute atomic E-state index is 11.3. The van der Waals surface area contributed by atoms with E-state index in [2.05, 4.69) is 29.7 Å². The Bertz CT molecular complexity index is 338. The second-order valence-electron chi connectivity index (χ2n) is 3.74. The number of carbonyl (C=O) groups is 1. The van der Waals surface area contributed by atoms with E-state index in [1.165, 1.54) is 9.75 Å². The minimum Gasteiger partial charge on any atom is -0.395 e. The van der Waals surface area contributed by atoms with Crippen molar-refractivity contribution < 1.29 is 9.90 Å². The van der Waals surface area contributed by atoms with Gasteiger partial charge in [0.15, 0.2) is 0 Å². The zero-order valence-electron chi connectivity index (χ0n) is 9.62. The molecule has 90 valence electrons. The van der Waals surface area contributed by atoms with Crippen LogP contribution in [0.3, 0.4) is 0 Å². The first-order chi connectivity index (χ1) is 7.61. The van der Waals surface area contributed by atoms with Crippen LogP contribution in [-0.2, 0) is 6.42 Å². The van der Waals surface area contributed by atoms with Gasteiger partial charge < -0.3 is 15.7 Å². The fourth-order valence-corrected chi connectivity index (χ4v) is 2.41. The Balaban J connectivity index is 2.30. The molecule has 0 spiro atoms. The zero-order chi connectivity index (χ0) is 12.0. The lowest BCUT2D eigenvalue weighted by molar-refractivity contribution is 0.231. The molecule has 0 saturated heterocycles. The van der Waals surface area contributed by atoms with Crippen LogP contribution in [0.4, 0.5) is 4.79 Å². The second kappa shape index (κ2) is 6.50. The fraction of sp³-hybridized carbons (Fsp3) is 0.545. The van der Waals surface area contributed by atoms with E-state index in [9.17, 15) is 4.79 Å². The van der Waals surface area contributed by atoms with E-state index in [0.717, 1.165) is 6.42 Å². The van der Waals surface area contributed by atoms with Crippen LogP contribution < -0.4 is 10.6 Å². The van der Waals surface area contributed by atoms with Gasteiger partial charge in [-0.25, -0.2) is 4.79 Å². The van der Waals surface area contributed by atoms with E-state index in [0.29, 0.717) is 0 Å². The van der Waals surface area contributed by atoms with Gasteiger partial charge in [-0.15, -0.1) is 11.3 Å². The molecule has 0 aliphatic rings. The minimum absolute atomic E-state index is 0.0358. The van der Waals surface area contributed by atoms with Gasteiger partial charge in [0, 0.05) is 28.8 Å². The van der Waals surface area contributed by atoms with Gasteiger partial charge in [0.2, 0.25) is 0 Å². The molecule has 0 saturated carbocycles. The topological polar surface area (TPSA) is 61.4 Å². The van der Waals surface area contributed by atoms with Crippen molar-refractivity contribution in [3.8, 4) is 0 Å². The Morgan fingerprint density at radius 2 is 2.31 bits per heavy atom. The third-order valence-electron chi connectivity index (χ3n) is 2.08. The van der Waals surface area contributed by atoms with Crippen molar-refractivity contribution in [1.29, 1.82) is 0 Å². The molecule has 1 atom stereocenters. The highest BCUT2D eigenvalue weighted by Crippen LogP contribution is 2.16. The highest BCUT2D eigenvalue weighted by Gasteiger charge is 2.08. The quantitative estimate of drug-likeness (QED) is 0.728. The molecule has 2 amide bonds. The molecule has 3 N–H and O–H groups in total. The van der Waals surface area contributed by atoms with Crippen molar-refractivity contribution in [2.45, 2.75) is 26.3 Å². The first-order valence-corrected chi connectivity index (χ1v) is 6.14. The van der Waals surface area contributed by atoms with Gasteiger partial charge in [-0.2, -0.15) is 0 Å². The largest absolute Gasteiger partial charge is 0.395 e. The number of urea groups is 1. The summed E-state index contributed by atoms with van der Waals surface area (Å²) in [4.78, 5) is 13.8. The number of amides is 2. The number of nitrogens with one attached hydrogen (secondary N) is 2. The molecule has 0 bridgehead atoms. The number of aryl methyl sites for hydroxylation is 1. The highest BCUT2D eigenvalue weighted by atomic mass is 32.1. The van der Waals surface area contributed by atoms with Gasteiger partial charge in [0.05, 0.1) is 6.61 Å². The van der Waals surface area contributed by atoms with E-state index < -0.39 is 0 Å². The summed E-state index contributed by atoms with van der Waals surface area (Å²) in [7, 11) is 0. The number of aliphatic hydroxyl groups is 1. The average molecular weight is 242 g/mol. The highest BCUT2D eigenvalue weighted by molar-refractivity contribution is 7.11. The molecule has 0 aliphatic carbocycles. The molecule has 1 rings (SSSR count). The first-order valence-electron chi connectivity index (χ1n) is 5.32. The minimum atomic E-state index is -0.227. The van der Waals surface area contributed by atoms with Crippen LogP contribution in [0.15, 0.2) is 12.1 Å². The number of thiophene rings is 1. The second-order valence-corrected chi connectivity index (χ2v) is 5.11. The number of carbonyl (C=O) groups excluding carboxylic acids is 1. The van der Waals surface area contributed by atoms with Crippen molar-refractivity contribution >= 4 is 17.4 Å². The molecule has 1 aromatic heterocycles. The van der Waals surface area contributed by atoms with E-state index in [-0.39, 0.29) is 25.2 Å². The van der Waals surface area contributed by atoms with E-state index in [1.54, 1.807) is 11.3 Å². The summed E-state index contributed by atoms with van der Waals surface area (Å²) >= 11 is 1.75. The monoisotopic (exact) mass is 242 g/mol. The van der Waals surface area contributed by atoms with Gasteiger partial charge >= 0.3 is 6.03 Å². The van der Waals surface area contributed by atoms with Crippen molar-refractivity contribution in [1.82, 2.24) is 10.6 Å². The fourth-order valence-electron chi connectivity index (χ4n) is 1.39. The average Bonchev–Trinajstić information content (AvgIpc) is 2.60. The van der Waals surface area contributed by atoms with Gasteiger partial charge in [-0.05, 0) is 26.0 Å². The summed E-state index contributed by atoms with van der Waals surface area (Å²) in [6, 6.07) is 4.04. The van der Waals surface area contributed by atoms with Gasteiger partial charge in [-0.1, -0.05) is 0 Å². The summed E-state index contributed by atoms with van der Waals surface area (Å²) < 4.78 is 0. The molecule has 0 aliphatic heterocycles. The Kier molecular flexibility index (Phi) is 5.28. The van der Waals surface area contributed by atoms with Crippen LogP contribution in [-0.4, -0.2) is 30.3 Å². The van der Waals surface area contributed by atoms with Crippen molar-refractivity contribution in [2.24, 2.45) is 0 Å². The van der Waals surface area contributed by atoms with Gasteiger partial charge in [0.25, 0.3) is 0 Å².